The van der Waals surface area contributed by atoms with Gasteiger partial charge < -0.3 is 10.1 Å². The SMILES string of the molecule is COCc1c(Br)cccc1NC(=O)c1ccc(C)cc1Br. The Balaban J connectivity index is 2.29. The lowest BCUT2D eigenvalue weighted by molar-refractivity contribution is 0.102. The van der Waals surface area contributed by atoms with Crippen molar-refractivity contribution < 1.29 is 9.53 Å². The topological polar surface area (TPSA) is 38.3 Å². The molecule has 0 aliphatic heterocycles. The third-order valence-electron chi connectivity index (χ3n) is 3.02. The van der Waals surface area contributed by atoms with Crippen LogP contribution in [0.4, 0.5) is 5.69 Å². The lowest BCUT2D eigenvalue weighted by Gasteiger charge is -2.13. The van der Waals surface area contributed by atoms with Crippen molar-refractivity contribution in [1.29, 1.82) is 0 Å². The standard InChI is InChI=1S/C16H15Br2NO2/c1-10-6-7-11(14(18)8-10)16(20)19-15-5-3-4-13(17)12(15)9-21-2/h3-8H,9H2,1-2H3,(H,19,20). The summed E-state index contributed by atoms with van der Waals surface area (Å²) in [4.78, 5) is 12.4. The molecule has 21 heavy (non-hydrogen) atoms. The Kier molecular flexibility index (Phi) is 5.56. The Morgan fingerprint density at radius 1 is 1.19 bits per heavy atom. The van der Waals surface area contributed by atoms with E-state index in [1.165, 1.54) is 0 Å². The van der Waals surface area contributed by atoms with E-state index in [1.54, 1.807) is 7.11 Å². The fourth-order valence-corrected chi connectivity index (χ4v) is 3.11. The van der Waals surface area contributed by atoms with Crippen LogP contribution in [0, 0.1) is 6.92 Å². The molecule has 0 aliphatic carbocycles. The molecule has 0 unspecified atom stereocenters. The molecule has 0 saturated carbocycles. The third-order valence-corrected chi connectivity index (χ3v) is 4.42. The Morgan fingerprint density at radius 3 is 2.62 bits per heavy atom. The van der Waals surface area contributed by atoms with Gasteiger partial charge in [-0.25, -0.2) is 0 Å². The number of nitrogens with one attached hydrogen (secondary N) is 1. The van der Waals surface area contributed by atoms with Crippen molar-refractivity contribution in [3.8, 4) is 0 Å². The average Bonchev–Trinajstić information content (AvgIpc) is 2.42. The van der Waals surface area contributed by atoms with Crippen molar-refractivity contribution in [1.82, 2.24) is 0 Å². The number of carbonyl (C=O) groups excluding carboxylic acids is 1. The normalized spacial score (nSPS) is 10.5. The van der Waals surface area contributed by atoms with Crippen molar-refractivity contribution in [2.75, 3.05) is 12.4 Å². The van der Waals surface area contributed by atoms with Gasteiger partial charge in [0, 0.05) is 27.3 Å². The molecule has 0 spiro atoms. The number of ether oxygens (including phenoxy) is 1. The van der Waals surface area contributed by atoms with Crippen molar-refractivity contribution >= 4 is 43.5 Å². The van der Waals surface area contributed by atoms with Crippen molar-refractivity contribution in [2.24, 2.45) is 0 Å². The highest BCUT2D eigenvalue weighted by molar-refractivity contribution is 9.10. The molecule has 0 aliphatic rings. The molecule has 0 bridgehead atoms. The van der Waals surface area contributed by atoms with Crippen LogP contribution in [0.5, 0.6) is 0 Å². The minimum atomic E-state index is -0.155. The van der Waals surface area contributed by atoms with Crippen LogP contribution in [0.1, 0.15) is 21.5 Å². The van der Waals surface area contributed by atoms with Gasteiger partial charge in [0.1, 0.15) is 0 Å². The predicted molar refractivity (Wildman–Crippen MR) is 91.7 cm³/mol. The van der Waals surface area contributed by atoms with E-state index in [1.807, 2.05) is 43.3 Å². The van der Waals surface area contributed by atoms with Crippen LogP contribution in [-0.4, -0.2) is 13.0 Å². The summed E-state index contributed by atoms with van der Waals surface area (Å²) < 4.78 is 6.87. The van der Waals surface area contributed by atoms with E-state index in [4.69, 9.17) is 4.74 Å². The van der Waals surface area contributed by atoms with Crippen LogP contribution < -0.4 is 5.32 Å². The maximum Gasteiger partial charge on any atom is 0.256 e. The van der Waals surface area contributed by atoms with Gasteiger partial charge >= 0.3 is 0 Å². The number of hydrogen-bond acceptors (Lipinski definition) is 2. The molecule has 0 heterocycles. The van der Waals surface area contributed by atoms with Gasteiger partial charge in [0.2, 0.25) is 0 Å². The van der Waals surface area contributed by atoms with Crippen molar-refractivity contribution in [3.05, 3.63) is 62.0 Å². The van der Waals surface area contributed by atoms with Gasteiger partial charge in [0.05, 0.1) is 12.2 Å². The number of aryl methyl sites for hydroxylation is 1. The second-order valence-electron chi connectivity index (χ2n) is 4.64. The van der Waals surface area contributed by atoms with Crippen LogP contribution in [0.15, 0.2) is 45.3 Å². The minimum Gasteiger partial charge on any atom is -0.380 e. The summed E-state index contributed by atoms with van der Waals surface area (Å²) in [5.74, 6) is -0.155. The summed E-state index contributed by atoms with van der Waals surface area (Å²) in [5, 5.41) is 2.93. The molecule has 0 radical (unpaired) electrons. The van der Waals surface area contributed by atoms with Crippen LogP contribution >= 0.6 is 31.9 Å². The van der Waals surface area contributed by atoms with E-state index >= 15 is 0 Å². The van der Waals surface area contributed by atoms with E-state index in [-0.39, 0.29) is 5.91 Å². The summed E-state index contributed by atoms with van der Waals surface area (Å²) in [6, 6.07) is 11.3. The lowest BCUT2D eigenvalue weighted by Crippen LogP contribution is -2.14. The molecule has 110 valence electrons. The lowest BCUT2D eigenvalue weighted by atomic mass is 10.1. The number of amides is 1. The fraction of sp³-hybridized carbons (Fsp3) is 0.188. The van der Waals surface area contributed by atoms with Crippen molar-refractivity contribution in [3.63, 3.8) is 0 Å². The molecule has 2 aromatic rings. The molecular weight excluding hydrogens is 398 g/mol. The highest BCUT2D eigenvalue weighted by Crippen LogP contribution is 2.27. The molecule has 0 aromatic heterocycles. The van der Waals surface area contributed by atoms with Gasteiger partial charge in [0.15, 0.2) is 0 Å². The molecule has 2 aromatic carbocycles. The van der Waals surface area contributed by atoms with Gasteiger partial charge in [-0.2, -0.15) is 0 Å². The molecule has 2 rings (SSSR count). The maximum atomic E-state index is 12.4. The van der Waals surface area contributed by atoms with Crippen LogP contribution in [-0.2, 0) is 11.3 Å². The molecular formula is C16H15Br2NO2. The molecule has 1 N–H and O–H groups in total. The van der Waals surface area contributed by atoms with Crippen molar-refractivity contribution in [2.45, 2.75) is 13.5 Å². The quantitative estimate of drug-likeness (QED) is 0.773. The Labute approximate surface area is 141 Å². The highest BCUT2D eigenvalue weighted by Gasteiger charge is 2.13. The Hall–Kier alpha value is -1.17. The number of benzene rings is 2. The summed E-state index contributed by atoms with van der Waals surface area (Å²) in [5.41, 5.74) is 3.35. The Morgan fingerprint density at radius 2 is 1.95 bits per heavy atom. The van der Waals surface area contributed by atoms with E-state index < -0.39 is 0 Å². The number of hydrogen-bond donors (Lipinski definition) is 1. The molecule has 1 amide bonds. The van der Waals surface area contributed by atoms with E-state index in [9.17, 15) is 4.79 Å². The maximum absolute atomic E-state index is 12.4. The molecule has 0 fully saturated rings. The monoisotopic (exact) mass is 411 g/mol. The first-order chi connectivity index (χ1) is 10.0. The molecule has 0 atom stereocenters. The van der Waals surface area contributed by atoms with E-state index in [0.29, 0.717) is 12.2 Å². The molecule has 0 saturated heterocycles. The summed E-state index contributed by atoms with van der Waals surface area (Å²) in [7, 11) is 1.63. The number of halogens is 2. The Bertz CT molecular complexity index is 671. The van der Waals surface area contributed by atoms with Gasteiger partial charge in [0.25, 0.3) is 5.91 Å². The third kappa shape index (κ3) is 3.93. The first-order valence-electron chi connectivity index (χ1n) is 6.36. The van der Waals surface area contributed by atoms with E-state index in [0.717, 1.165) is 25.8 Å². The number of rotatable bonds is 4. The van der Waals surface area contributed by atoms with E-state index in [2.05, 4.69) is 37.2 Å². The highest BCUT2D eigenvalue weighted by atomic mass is 79.9. The number of methoxy groups -OCH3 is 1. The zero-order valence-electron chi connectivity index (χ0n) is 11.7. The summed E-state index contributed by atoms with van der Waals surface area (Å²) in [6.07, 6.45) is 0. The van der Waals surface area contributed by atoms with Gasteiger partial charge in [-0.05, 0) is 52.7 Å². The zero-order chi connectivity index (χ0) is 15.4. The van der Waals surface area contributed by atoms with Crippen LogP contribution in [0.25, 0.3) is 0 Å². The van der Waals surface area contributed by atoms with Crippen LogP contribution in [0.3, 0.4) is 0 Å². The zero-order valence-corrected chi connectivity index (χ0v) is 14.9. The van der Waals surface area contributed by atoms with Gasteiger partial charge in [-0.15, -0.1) is 0 Å². The first kappa shape index (κ1) is 16.2. The van der Waals surface area contributed by atoms with Gasteiger partial charge in [-0.1, -0.05) is 28.1 Å². The largest absolute Gasteiger partial charge is 0.380 e. The second-order valence-corrected chi connectivity index (χ2v) is 6.35. The summed E-state index contributed by atoms with van der Waals surface area (Å²) >= 11 is 6.91. The predicted octanol–water partition coefficient (Wildman–Crippen LogP) is 4.92. The smallest absolute Gasteiger partial charge is 0.256 e. The molecule has 3 nitrogen and oxygen atoms in total. The minimum absolute atomic E-state index is 0.155. The first-order valence-corrected chi connectivity index (χ1v) is 7.95. The van der Waals surface area contributed by atoms with Gasteiger partial charge in [-0.3, -0.25) is 4.79 Å². The average molecular weight is 413 g/mol. The van der Waals surface area contributed by atoms with Crippen LogP contribution in [0.2, 0.25) is 0 Å². The number of anilines is 1. The number of carbonyl (C=O) groups is 1. The second kappa shape index (κ2) is 7.20. The summed E-state index contributed by atoms with van der Waals surface area (Å²) in [6.45, 7) is 2.41. The fourth-order valence-electron chi connectivity index (χ4n) is 1.96. The molecule has 5 heteroatoms.